The summed E-state index contributed by atoms with van der Waals surface area (Å²) in [7, 11) is 1.58. The Hall–Kier alpha value is -3.84. The van der Waals surface area contributed by atoms with E-state index in [0.29, 0.717) is 35.4 Å². The molecular weight excluding hydrogens is 442 g/mol. The SMILES string of the molecule is Cn1c(=O)c(C(=O)NCc2ccc(C#N)cc2)cc2ccnc(OCC3(SNC=O)CC3)c21. The molecule has 0 atom stereocenters. The third kappa shape index (κ3) is 4.83. The highest BCUT2D eigenvalue weighted by molar-refractivity contribution is 7.99. The number of ether oxygens (including phenoxy) is 1. The van der Waals surface area contributed by atoms with Crippen molar-refractivity contribution in [3.05, 3.63) is 69.6 Å². The molecule has 1 aliphatic rings. The van der Waals surface area contributed by atoms with Crippen LogP contribution in [0.15, 0.2) is 47.4 Å². The van der Waals surface area contributed by atoms with Crippen LogP contribution in [0.5, 0.6) is 5.88 Å². The zero-order chi connectivity index (χ0) is 23.4. The fourth-order valence-corrected chi connectivity index (χ4v) is 4.13. The normalized spacial score (nSPS) is 13.7. The summed E-state index contributed by atoms with van der Waals surface area (Å²) in [6.45, 7) is 0.566. The molecule has 0 saturated heterocycles. The molecule has 2 N–H and O–H groups in total. The Morgan fingerprint density at radius 3 is 2.76 bits per heavy atom. The largest absolute Gasteiger partial charge is 0.475 e. The Morgan fingerprint density at radius 2 is 2.09 bits per heavy atom. The second kappa shape index (κ2) is 9.34. The zero-order valence-corrected chi connectivity index (χ0v) is 18.6. The zero-order valence-electron chi connectivity index (χ0n) is 17.8. The van der Waals surface area contributed by atoms with E-state index in [1.807, 2.05) is 6.07 Å². The molecule has 1 aromatic carbocycles. The predicted molar refractivity (Wildman–Crippen MR) is 124 cm³/mol. The Kier molecular flexibility index (Phi) is 6.33. The topological polar surface area (TPSA) is 126 Å². The minimum absolute atomic E-state index is 0.0141. The molecule has 2 amide bonds. The lowest BCUT2D eigenvalue weighted by Crippen LogP contribution is -2.32. The van der Waals surface area contributed by atoms with Crippen LogP contribution in [0.4, 0.5) is 0 Å². The first kappa shape index (κ1) is 22.4. The summed E-state index contributed by atoms with van der Waals surface area (Å²) in [5.41, 5.74) is 1.40. The minimum Gasteiger partial charge on any atom is -0.475 e. The van der Waals surface area contributed by atoms with E-state index in [1.165, 1.54) is 22.6 Å². The molecule has 3 aromatic rings. The summed E-state index contributed by atoms with van der Waals surface area (Å²) in [5.74, 6) is -0.191. The van der Waals surface area contributed by atoms with Gasteiger partial charge in [-0.15, -0.1) is 0 Å². The minimum atomic E-state index is -0.491. The van der Waals surface area contributed by atoms with Crippen LogP contribution in [0.2, 0.25) is 0 Å². The first-order valence-corrected chi connectivity index (χ1v) is 11.0. The number of aromatic nitrogens is 2. The van der Waals surface area contributed by atoms with Crippen LogP contribution in [-0.4, -0.2) is 33.2 Å². The molecule has 168 valence electrons. The molecule has 0 aliphatic heterocycles. The summed E-state index contributed by atoms with van der Waals surface area (Å²) in [4.78, 5) is 40.6. The maximum Gasteiger partial charge on any atom is 0.263 e. The Morgan fingerprint density at radius 1 is 1.33 bits per heavy atom. The van der Waals surface area contributed by atoms with Crippen LogP contribution < -0.4 is 20.3 Å². The second-order valence-corrected chi connectivity index (χ2v) is 9.08. The molecule has 2 heterocycles. The fraction of sp³-hybridized carbons (Fsp3) is 0.261. The monoisotopic (exact) mass is 463 g/mol. The molecule has 9 nitrogen and oxygen atoms in total. The number of carbonyl (C=O) groups excluding carboxylic acids is 2. The fourth-order valence-electron chi connectivity index (χ4n) is 3.41. The molecule has 33 heavy (non-hydrogen) atoms. The van der Waals surface area contributed by atoms with E-state index in [4.69, 9.17) is 10.00 Å². The molecule has 10 heteroatoms. The molecule has 1 saturated carbocycles. The summed E-state index contributed by atoms with van der Waals surface area (Å²) in [6, 6.07) is 12.1. The average molecular weight is 464 g/mol. The van der Waals surface area contributed by atoms with Crippen molar-refractivity contribution in [2.45, 2.75) is 24.1 Å². The van der Waals surface area contributed by atoms with Crippen LogP contribution in [0, 0.1) is 11.3 Å². The van der Waals surface area contributed by atoms with Gasteiger partial charge in [0.25, 0.3) is 11.5 Å². The Bertz CT molecular complexity index is 1310. The van der Waals surface area contributed by atoms with Crippen molar-refractivity contribution in [3.63, 3.8) is 0 Å². The van der Waals surface area contributed by atoms with Gasteiger partial charge in [0.05, 0.1) is 16.4 Å². The van der Waals surface area contributed by atoms with E-state index in [9.17, 15) is 14.4 Å². The van der Waals surface area contributed by atoms with Crippen molar-refractivity contribution in [1.29, 1.82) is 5.26 Å². The maximum absolute atomic E-state index is 13.0. The highest BCUT2D eigenvalue weighted by Crippen LogP contribution is 2.47. The predicted octanol–water partition coefficient (Wildman–Crippen LogP) is 2.04. The van der Waals surface area contributed by atoms with Gasteiger partial charge in [0.2, 0.25) is 12.3 Å². The number of hydrogen-bond acceptors (Lipinski definition) is 7. The molecule has 0 radical (unpaired) electrons. The summed E-state index contributed by atoms with van der Waals surface area (Å²) in [5, 5.41) is 12.3. The van der Waals surface area contributed by atoms with Gasteiger partial charge in [0.15, 0.2) is 0 Å². The number of nitriles is 1. The van der Waals surface area contributed by atoms with Crippen molar-refractivity contribution in [2.24, 2.45) is 7.05 Å². The van der Waals surface area contributed by atoms with E-state index in [-0.39, 0.29) is 16.9 Å². The first-order valence-electron chi connectivity index (χ1n) is 10.2. The van der Waals surface area contributed by atoms with Gasteiger partial charge in [-0.1, -0.05) is 12.1 Å². The van der Waals surface area contributed by atoms with Gasteiger partial charge in [-0.3, -0.25) is 14.4 Å². The van der Waals surface area contributed by atoms with Crippen LogP contribution in [-0.2, 0) is 18.4 Å². The lowest BCUT2D eigenvalue weighted by molar-refractivity contribution is -0.107. The van der Waals surface area contributed by atoms with Gasteiger partial charge in [0, 0.05) is 25.2 Å². The number of nitrogens with zero attached hydrogens (tertiary/aromatic N) is 3. The van der Waals surface area contributed by atoms with E-state index < -0.39 is 11.5 Å². The molecule has 2 aromatic heterocycles. The standard InChI is InChI=1S/C23H21N5O4S/c1-28-19-17(6-9-25-21(19)32-13-23(7-8-23)33-27-14-29)10-18(22(28)31)20(30)26-12-16-4-2-15(11-24)3-5-16/h2-6,9-10,14H,7-8,12-13H2,1H3,(H,26,30)(H,27,29). The summed E-state index contributed by atoms with van der Waals surface area (Å²) < 4.78 is 9.73. The molecule has 0 unspecified atom stereocenters. The highest BCUT2D eigenvalue weighted by Gasteiger charge is 2.45. The molecule has 4 rings (SSSR count). The average Bonchev–Trinajstić information content (AvgIpc) is 3.62. The van der Waals surface area contributed by atoms with Gasteiger partial charge in [-0.25, -0.2) is 4.98 Å². The van der Waals surface area contributed by atoms with Gasteiger partial charge in [-0.2, -0.15) is 5.26 Å². The number of carbonyl (C=O) groups is 2. The quantitative estimate of drug-likeness (QED) is 0.367. The van der Waals surface area contributed by atoms with Crippen molar-refractivity contribution in [2.75, 3.05) is 6.61 Å². The number of nitrogens with one attached hydrogen (secondary N) is 2. The lowest BCUT2D eigenvalue weighted by Gasteiger charge is -2.16. The molecule has 1 fully saturated rings. The van der Waals surface area contributed by atoms with Gasteiger partial charge in [0.1, 0.15) is 17.7 Å². The van der Waals surface area contributed by atoms with Crippen molar-refractivity contribution in [1.82, 2.24) is 19.6 Å². The van der Waals surface area contributed by atoms with Crippen LogP contribution in [0.25, 0.3) is 10.9 Å². The van der Waals surface area contributed by atoms with E-state index in [2.05, 4.69) is 15.0 Å². The number of benzene rings is 1. The maximum atomic E-state index is 13.0. The van der Waals surface area contributed by atoms with Crippen molar-refractivity contribution >= 4 is 35.2 Å². The summed E-state index contributed by atoms with van der Waals surface area (Å²) in [6.07, 6.45) is 4.02. The van der Waals surface area contributed by atoms with E-state index in [0.717, 1.165) is 18.4 Å². The molecular formula is C23H21N5O4S. The molecule has 1 aliphatic carbocycles. The molecule has 0 bridgehead atoms. The van der Waals surface area contributed by atoms with E-state index >= 15 is 0 Å². The number of aryl methyl sites for hydroxylation is 1. The van der Waals surface area contributed by atoms with Gasteiger partial charge in [-0.05, 0) is 54.6 Å². The van der Waals surface area contributed by atoms with Crippen molar-refractivity contribution < 1.29 is 14.3 Å². The van der Waals surface area contributed by atoms with Gasteiger partial charge >= 0.3 is 0 Å². The Balaban J connectivity index is 1.54. The number of hydrogen-bond donors (Lipinski definition) is 2. The smallest absolute Gasteiger partial charge is 0.263 e. The van der Waals surface area contributed by atoms with Crippen LogP contribution >= 0.6 is 11.9 Å². The highest BCUT2D eigenvalue weighted by atomic mass is 32.2. The lowest BCUT2D eigenvalue weighted by atomic mass is 10.1. The van der Waals surface area contributed by atoms with Crippen LogP contribution in [0.3, 0.4) is 0 Å². The number of rotatable bonds is 9. The van der Waals surface area contributed by atoms with E-state index in [1.54, 1.807) is 43.6 Å². The van der Waals surface area contributed by atoms with Gasteiger partial charge < -0.3 is 19.3 Å². The summed E-state index contributed by atoms with van der Waals surface area (Å²) >= 11 is 1.33. The third-order valence-electron chi connectivity index (χ3n) is 5.48. The number of fused-ring (bicyclic) bond motifs is 1. The first-order chi connectivity index (χ1) is 16.0. The third-order valence-corrected chi connectivity index (χ3v) is 6.65. The van der Waals surface area contributed by atoms with Crippen molar-refractivity contribution in [3.8, 4) is 11.9 Å². The Labute approximate surface area is 193 Å². The molecule has 0 spiro atoms. The number of amides is 2. The second-order valence-electron chi connectivity index (χ2n) is 7.78. The van der Waals surface area contributed by atoms with Crippen LogP contribution in [0.1, 0.15) is 34.3 Å². The number of pyridine rings is 2.